The van der Waals surface area contributed by atoms with Crippen molar-refractivity contribution >= 4 is 29.2 Å². The molecule has 0 amide bonds. The molecule has 0 aliphatic rings. The Kier molecular flexibility index (Phi) is 4.35. The molecule has 0 saturated heterocycles. The number of ether oxygens (including phenoxy) is 1. The molecule has 0 aliphatic carbocycles. The number of hydrogen-bond donors (Lipinski definition) is 2. The van der Waals surface area contributed by atoms with Crippen LogP contribution in [0, 0.1) is 0 Å². The van der Waals surface area contributed by atoms with Crippen LogP contribution in [0.25, 0.3) is 0 Å². The third-order valence-electron chi connectivity index (χ3n) is 2.23. The van der Waals surface area contributed by atoms with E-state index in [-0.39, 0.29) is 6.01 Å². The highest BCUT2D eigenvalue weighted by Crippen LogP contribution is 2.18. The van der Waals surface area contributed by atoms with Crippen LogP contribution in [0.3, 0.4) is 0 Å². The SMILES string of the molecule is CCNc1nc(Nc2ccc(Cl)cc2)nc(OC)n1. The summed E-state index contributed by atoms with van der Waals surface area (Å²) in [5.74, 6) is 0.871. The van der Waals surface area contributed by atoms with Crippen molar-refractivity contribution in [2.75, 3.05) is 24.3 Å². The minimum atomic E-state index is 0.252. The molecule has 0 radical (unpaired) electrons. The summed E-state index contributed by atoms with van der Waals surface area (Å²) in [5, 5.41) is 6.75. The Morgan fingerprint density at radius 3 is 2.42 bits per heavy atom. The molecule has 2 N–H and O–H groups in total. The maximum absolute atomic E-state index is 5.83. The summed E-state index contributed by atoms with van der Waals surface area (Å²) in [5.41, 5.74) is 0.833. The fourth-order valence-electron chi connectivity index (χ4n) is 1.40. The molecule has 1 aromatic carbocycles. The van der Waals surface area contributed by atoms with Crippen LogP contribution in [0.5, 0.6) is 6.01 Å². The summed E-state index contributed by atoms with van der Waals surface area (Å²) in [7, 11) is 1.51. The van der Waals surface area contributed by atoms with Gasteiger partial charge in [-0.25, -0.2) is 0 Å². The van der Waals surface area contributed by atoms with Crippen molar-refractivity contribution < 1.29 is 4.74 Å². The molecule has 0 fully saturated rings. The zero-order valence-electron chi connectivity index (χ0n) is 10.6. The predicted molar refractivity (Wildman–Crippen MR) is 75.3 cm³/mol. The standard InChI is InChI=1S/C12H14ClN5O/c1-3-14-10-16-11(18-12(17-10)19-2)15-9-6-4-8(13)5-7-9/h4-7H,3H2,1-2H3,(H2,14,15,16,17,18). The van der Waals surface area contributed by atoms with Crippen LogP contribution in [0.4, 0.5) is 17.6 Å². The minimum absolute atomic E-state index is 0.252. The second-order valence-electron chi connectivity index (χ2n) is 3.63. The van der Waals surface area contributed by atoms with Crippen molar-refractivity contribution in [2.24, 2.45) is 0 Å². The largest absolute Gasteiger partial charge is 0.467 e. The van der Waals surface area contributed by atoms with E-state index in [2.05, 4.69) is 25.6 Å². The smallest absolute Gasteiger partial charge is 0.322 e. The first-order chi connectivity index (χ1) is 9.21. The molecular formula is C12H14ClN5O. The Balaban J connectivity index is 2.23. The van der Waals surface area contributed by atoms with Gasteiger partial charge in [0, 0.05) is 17.3 Å². The normalized spacial score (nSPS) is 10.1. The van der Waals surface area contributed by atoms with Crippen LogP contribution in [0.15, 0.2) is 24.3 Å². The van der Waals surface area contributed by atoms with E-state index in [1.165, 1.54) is 7.11 Å². The Bertz CT molecular complexity index is 546. The molecular weight excluding hydrogens is 266 g/mol. The van der Waals surface area contributed by atoms with Gasteiger partial charge in [0.2, 0.25) is 11.9 Å². The van der Waals surface area contributed by atoms with Gasteiger partial charge < -0.3 is 15.4 Å². The third-order valence-corrected chi connectivity index (χ3v) is 2.48. The van der Waals surface area contributed by atoms with Gasteiger partial charge in [-0.2, -0.15) is 15.0 Å². The Morgan fingerprint density at radius 2 is 1.79 bits per heavy atom. The van der Waals surface area contributed by atoms with Crippen molar-refractivity contribution in [1.29, 1.82) is 0 Å². The van der Waals surface area contributed by atoms with Gasteiger partial charge in [0.05, 0.1) is 7.11 Å². The lowest BCUT2D eigenvalue weighted by Crippen LogP contribution is -2.07. The van der Waals surface area contributed by atoms with Gasteiger partial charge in [0.15, 0.2) is 0 Å². The summed E-state index contributed by atoms with van der Waals surface area (Å²) in [4.78, 5) is 12.4. The molecule has 1 heterocycles. The Hall–Kier alpha value is -2.08. The first-order valence-corrected chi connectivity index (χ1v) is 6.15. The summed E-state index contributed by atoms with van der Waals surface area (Å²) in [6.07, 6.45) is 0. The Morgan fingerprint density at radius 1 is 1.11 bits per heavy atom. The number of nitrogens with zero attached hydrogens (tertiary/aromatic N) is 3. The molecule has 0 bridgehead atoms. The van der Waals surface area contributed by atoms with Crippen LogP contribution in [-0.2, 0) is 0 Å². The number of hydrogen-bond acceptors (Lipinski definition) is 6. The molecule has 0 spiro atoms. The molecule has 100 valence electrons. The fraction of sp³-hybridized carbons (Fsp3) is 0.250. The molecule has 6 nitrogen and oxygen atoms in total. The number of nitrogens with one attached hydrogen (secondary N) is 2. The van der Waals surface area contributed by atoms with Crippen molar-refractivity contribution in [3.63, 3.8) is 0 Å². The average molecular weight is 280 g/mol. The monoisotopic (exact) mass is 279 g/mol. The number of methoxy groups -OCH3 is 1. The van der Waals surface area contributed by atoms with Gasteiger partial charge in [0.1, 0.15) is 0 Å². The van der Waals surface area contributed by atoms with E-state index in [4.69, 9.17) is 16.3 Å². The van der Waals surface area contributed by atoms with E-state index in [0.29, 0.717) is 23.5 Å². The number of aromatic nitrogens is 3. The molecule has 19 heavy (non-hydrogen) atoms. The van der Waals surface area contributed by atoms with Crippen LogP contribution in [0.2, 0.25) is 5.02 Å². The highest BCUT2D eigenvalue weighted by Gasteiger charge is 2.06. The first kappa shape index (κ1) is 13.4. The highest BCUT2D eigenvalue weighted by atomic mass is 35.5. The topological polar surface area (TPSA) is 72.0 Å². The van der Waals surface area contributed by atoms with Gasteiger partial charge >= 0.3 is 6.01 Å². The lowest BCUT2D eigenvalue weighted by atomic mass is 10.3. The van der Waals surface area contributed by atoms with E-state index in [0.717, 1.165) is 5.69 Å². The molecule has 0 aliphatic heterocycles. The molecule has 7 heteroatoms. The summed E-state index contributed by atoms with van der Waals surface area (Å²) in [6, 6.07) is 7.50. The molecule has 2 aromatic rings. The van der Waals surface area contributed by atoms with Crippen molar-refractivity contribution in [1.82, 2.24) is 15.0 Å². The second kappa shape index (κ2) is 6.19. The summed E-state index contributed by atoms with van der Waals surface area (Å²) < 4.78 is 5.04. The molecule has 0 saturated carbocycles. The van der Waals surface area contributed by atoms with Gasteiger partial charge in [0.25, 0.3) is 0 Å². The molecule has 1 aromatic heterocycles. The minimum Gasteiger partial charge on any atom is -0.467 e. The van der Waals surface area contributed by atoms with Crippen LogP contribution < -0.4 is 15.4 Å². The third kappa shape index (κ3) is 3.69. The first-order valence-electron chi connectivity index (χ1n) is 5.78. The van der Waals surface area contributed by atoms with Crippen molar-refractivity contribution in [2.45, 2.75) is 6.92 Å². The second-order valence-corrected chi connectivity index (χ2v) is 4.07. The number of anilines is 3. The lowest BCUT2D eigenvalue weighted by Gasteiger charge is -2.08. The molecule has 0 atom stereocenters. The maximum atomic E-state index is 5.83. The summed E-state index contributed by atoms with van der Waals surface area (Å²) in [6.45, 7) is 2.68. The van der Waals surface area contributed by atoms with Crippen LogP contribution >= 0.6 is 11.6 Å². The van der Waals surface area contributed by atoms with Crippen molar-refractivity contribution in [3.05, 3.63) is 29.3 Å². The predicted octanol–water partition coefficient (Wildman–Crippen LogP) is 2.71. The van der Waals surface area contributed by atoms with Gasteiger partial charge in [-0.15, -0.1) is 0 Å². The van der Waals surface area contributed by atoms with Gasteiger partial charge in [-0.05, 0) is 31.2 Å². The fourth-order valence-corrected chi connectivity index (χ4v) is 1.53. The van der Waals surface area contributed by atoms with E-state index >= 15 is 0 Å². The number of rotatable bonds is 5. The summed E-state index contributed by atoms with van der Waals surface area (Å²) >= 11 is 5.83. The van der Waals surface area contributed by atoms with E-state index in [1.807, 2.05) is 19.1 Å². The zero-order valence-corrected chi connectivity index (χ0v) is 11.4. The van der Waals surface area contributed by atoms with E-state index in [1.54, 1.807) is 12.1 Å². The highest BCUT2D eigenvalue weighted by molar-refractivity contribution is 6.30. The van der Waals surface area contributed by atoms with E-state index in [9.17, 15) is 0 Å². The number of benzene rings is 1. The van der Waals surface area contributed by atoms with Crippen LogP contribution in [-0.4, -0.2) is 28.6 Å². The number of halogens is 1. The van der Waals surface area contributed by atoms with Gasteiger partial charge in [-0.3, -0.25) is 0 Å². The van der Waals surface area contributed by atoms with Crippen LogP contribution in [0.1, 0.15) is 6.92 Å². The Labute approximate surface area is 116 Å². The zero-order chi connectivity index (χ0) is 13.7. The molecule has 0 unspecified atom stereocenters. The lowest BCUT2D eigenvalue weighted by molar-refractivity contribution is 0.379. The molecule has 2 rings (SSSR count). The maximum Gasteiger partial charge on any atom is 0.322 e. The average Bonchev–Trinajstić information content (AvgIpc) is 2.41. The van der Waals surface area contributed by atoms with E-state index < -0.39 is 0 Å². The van der Waals surface area contributed by atoms with Crippen molar-refractivity contribution in [3.8, 4) is 6.01 Å². The van der Waals surface area contributed by atoms with Gasteiger partial charge in [-0.1, -0.05) is 11.6 Å². The quantitative estimate of drug-likeness (QED) is 0.877.